The quantitative estimate of drug-likeness (QED) is 0.848. The summed E-state index contributed by atoms with van der Waals surface area (Å²) < 4.78 is 10.1. The molecule has 0 saturated heterocycles. The maximum Gasteiger partial charge on any atom is 0.360 e. The summed E-state index contributed by atoms with van der Waals surface area (Å²) in [5.74, 6) is -0.441. The molecule has 0 spiro atoms. The Morgan fingerprint density at radius 1 is 1.53 bits per heavy atom. The SMILES string of the molecule is CCOC(=O)c1coc(NC2CCC(C)(C)CC2)n1. The van der Waals surface area contributed by atoms with Crippen LogP contribution in [0.5, 0.6) is 0 Å². The minimum atomic E-state index is -0.441. The van der Waals surface area contributed by atoms with Gasteiger partial charge in [-0.3, -0.25) is 0 Å². The Bertz CT molecular complexity index is 430. The average Bonchev–Trinajstić information content (AvgIpc) is 2.81. The van der Waals surface area contributed by atoms with E-state index in [1.54, 1.807) is 6.92 Å². The second kappa shape index (κ2) is 5.63. The Balaban J connectivity index is 1.88. The van der Waals surface area contributed by atoms with E-state index in [-0.39, 0.29) is 5.69 Å². The van der Waals surface area contributed by atoms with Gasteiger partial charge in [0.25, 0.3) is 6.01 Å². The summed E-state index contributed by atoms with van der Waals surface area (Å²) in [5.41, 5.74) is 0.658. The molecule has 0 atom stereocenters. The molecule has 0 aromatic carbocycles. The minimum Gasteiger partial charge on any atom is -0.461 e. The monoisotopic (exact) mass is 266 g/mol. The largest absolute Gasteiger partial charge is 0.461 e. The van der Waals surface area contributed by atoms with Crippen LogP contribution < -0.4 is 5.32 Å². The van der Waals surface area contributed by atoms with Crippen LogP contribution in [0.2, 0.25) is 0 Å². The van der Waals surface area contributed by atoms with Gasteiger partial charge >= 0.3 is 5.97 Å². The van der Waals surface area contributed by atoms with Crippen molar-refractivity contribution in [2.75, 3.05) is 11.9 Å². The highest BCUT2D eigenvalue weighted by molar-refractivity contribution is 5.87. The number of oxazole rings is 1. The zero-order valence-electron chi connectivity index (χ0n) is 11.9. The molecule has 1 aromatic heterocycles. The normalized spacial score (nSPS) is 19.1. The zero-order valence-corrected chi connectivity index (χ0v) is 11.9. The summed E-state index contributed by atoms with van der Waals surface area (Å²) in [7, 11) is 0. The second-order valence-corrected chi connectivity index (χ2v) is 5.84. The first kappa shape index (κ1) is 13.9. The predicted octanol–water partition coefficient (Wildman–Crippen LogP) is 3.23. The van der Waals surface area contributed by atoms with Crippen LogP contribution in [0, 0.1) is 5.41 Å². The van der Waals surface area contributed by atoms with Gasteiger partial charge in [-0.15, -0.1) is 0 Å². The van der Waals surface area contributed by atoms with E-state index in [4.69, 9.17) is 9.15 Å². The molecule has 2 rings (SSSR count). The molecule has 5 heteroatoms. The van der Waals surface area contributed by atoms with E-state index in [1.165, 1.54) is 19.1 Å². The van der Waals surface area contributed by atoms with Crippen molar-refractivity contribution in [1.82, 2.24) is 4.98 Å². The molecule has 1 aromatic rings. The molecule has 0 amide bonds. The third-order valence-corrected chi connectivity index (χ3v) is 3.66. The lowest BCUT2D eigenvalue weighted by Crippen LogP contribution is -2.29. The highest BCUT2D eigenvalue weighted by Gasteiger charge is 2.27. The average molecular weight is 266 g/mol. The van der Waals surface area contributed by atoms with Crippen molar-refractivity contribution >= 4 is 12.0 Å². The molecule has 5 nitrogen and oxygen atoms in total. The van der Waals surface area contributed by atoms with Gasteiger partial charge in [0.2, 0.25) is 0 Å². The van der Waals surface area contributed by atoms with E-state index in [2.05, 4.69) is 24.1 Å². The molecule has 0 radical (unpaired) electrons. The molecule has 0 aliphatic heterocycles. The van der Waals surface area contributed by atoms with Gasteiger partial charge in [-0.05, 0) is 38.0 Å². The fourth-order valence-electron chi connectivity index (χ4n) is 2.36. The van der Waals surface area contributed by atoms with Gasteiger partial charge in [-0.25, -0.2) is 4.79 Å². The highest BCUT2D eigenvalue weighted by atomic mass is 16.5. The Morgan fingerprint density at radius 3 is 2.84 bits per heavy atom. The zero-order chi connectivity index (χ0) is 13.9. The summed E-state index contributed by atoms with van der Waals surface area (Å²) in [6.45, 7) is 6.70. The molecule has 0 bridgehead atoms. The van der Waals surface area contributed by atoms with Crippen LogP contribution >= 0.6 is 0 Å². The van der Waals surface area contributed by atoms with Crippen molar-refractivity contribution in [3.63, 3.8) is 0 Å². The lowest BCUT2D eigenvalue weighted by molar-refractivity contribution is 0.0519. The third-order valence-electron chi connectivity index (χ3n) is 3.66. The molecule has 1 aliphatic carbocycles. The number of nitrogens with zero attached hydrogens (tertiary/aromatic N) is 1. The van der Waals surface area contributed by atoms with Gasteiger partial charge in [-0.2, -0.15) is 4.98 Å². The van der Waals surface area contributed by atoms with Crippen molar-refractivity contribution in [2.24, 2.45) is 5.41 Å². The number of nitrogens with one attached hydrogen (secondary N) is 1. The number of carbonyl (C=O) groups excluding carboxylic acids is 1. The standard InChI is InChI=1S/C14H22N2O3/c1-4-18-12(17)11-9-19-13(16-11)15-10-5-7-14(2,3)8-6-10/h9-10H,4-8H2,1-3H3,(H,15,16). The van der Waals surface area contributed by atoms with E-state index in [0.29, 0.717) is 24.1 Å². The van der Waals surface area contributed by atoms with Crippen LogP contribution in [0.4, 0.5) is 6.01 Å². The fourth-order valence-corrected chi connectivity index (χ4v) is 2.36. The van der Waals surface area contributed by atoms with Crippen LogP contribution in [-0.4, -0.2) is 23.6 Å². The number of carbonyl (C=O) groups is 1. The van der Waals surface area contributed by atoms with Gasteiger partial charge in [0.15, 0.2) is 5.69 Å². The third kappa shape index (κ3) is 3.72. The van der Waals surface area contributed by atoms with Gasteiger partial charge in [-0.1, -0.05) is 13.8 Å². The maximum atomic E-state index is 11.5. The van der Waals surface area contributed by atoms with E-state index in [9.17, 15) is 4.79 Å². The Morgan fingerprint density at radius 2 is 2.21 bits per heavy atom. The number of anilines is 1. The molecular formula is C14H22N2O3. The number of hydrogen-bond donors (Lipinski definition) is 1. The molecule has 1 aliphatic rings. The molecule has 1 saturated carbocycles. The first-order valence-electron chi connectivity index (χ1n) is 6.89. The van der Waals surface area contributed by atoms with Crippen LogP contribution in [0.15, 0.2) is 10.7 Å². The number of rotatable bonds is 4. The first-order chi connectivity index (χ1) is 9.00. The molecule has 1 fully saturated rings. The van der Waals surface area contributed by atoms with Crippen LogP contribution in [0.25, 0.3) is 0 Å². The second-order valence-electron chi connectivity index (χ2n) is 5.84. The summed E-state index contributed by atoms with van der Waals surface area (Å²) in [6.07, 6.45) is 5.92. The Hall–Kier alpha value is -1.52. The number of ether oxygens (including phenoxy) is 1. The molecule has 19 heavy (non-hydrogen) atoms. The maximum absolute atomic E-state index is 11.5. The fraction of sp³-hybridized carbons (Fsp3) is 0.714. The van der Waals surface area contributed by atoms with Gasteiger partial charge in [0.05, 0.1) is 6.61 Å². The summed E-state index contributed by atoms with van der Waals surface area (Å²) in [5, 5.41) is 3.25. The minimum absolute atomic E-state index is 0.223. The topological polar surface area (TPSA) is 64.4 Å². The van der Waals surface area contributed by atoms with Crippen molar-refractivity contribution in [3.8, 4) is 0 Å². The Kier molecular flexibility index (Phi) is 4.12. The van der Waals surface area contributed by atoms with Gasteiger partial charge in [0.1, 0.15) is 6.26 Å². The number of hydrogen-bond acceptors (Lipinski definition) is 5. The van der Waals surface area contributed by atoms with Crippen LogP contribution in [0.3, 0.4) is 0 Å². The molecule has 106 valence electrons. The first-order valence-corrected chi connectivity index (χ1v) is 6.89. The summed E-state index contributed by atoms with van der Waals surface area (Å²) in [6, 6.07) is 0.787. The van der Waals surface area contributed by atoms with Crippen molar-refractivity contribution < 1.29 is 13.9 Å². The highest BCUT2D eigenvalue weighted by Crippen LogP contribution is 2.35. The van der Waals surface area contributed by atoms with Crippen molar-refractivity contribution in [3.05, 3.63) is 12.0 Å². The lowest BCUT2D eigenvalue weighted by Gasteiger charge is -2.34. The molecule has 1 heterocycles. The number of esters is 1. The lowest BCUT2D eigenvalue weighted by atomic mass is 9.76. The Labute approximate surface area is 113 Å². The van der Waals surface area contributed by atoms with E-state index in [0.717, 1.165) is 12.8 Å². The van der Waals surface area contributed by atoms with Crippen LogP contribution in [-0.2, 0) is 4.74 Å². The smallest absolute Gasteiger partial charge is 0.360 e. The summed E-state index contributed by atoms with van der Waals surface area (Å²) >= 11 is 0. The predicted molar refractivity (Wildman–Crippen MR) is 72.1 cm³/mol. The van der Waals surface area contributed by atoms with E-state index >= 15 is 0 Å². The molecule has 1 N–H and O–H groups in total. The number of aromatic nitrogens is 1. The van der Waals surface area contributed by atoms with Gasteiger partial charge < -0.3 is 14.5 Å². The summed E-state index contributed by atoms with van der Waals surface area (Å²) in [4.78, 5) is 15.6. The molecular weight excluding hydrogens is 244 g/mol. The van der Waals surface area contributed by atoms with E-state index in [1.807, 2.05) is 0 Å². The van der Waals surface area contributed by atoms with Crippen LogP contribution in [0.1, 0.15) is 56.9 Å². The molecule has 0 unspecified atom stereocenters. The van der Waals surface area contributed by atoms with Crippen molar-refractivity contribution in [2.45, 2.75) is 52.5 Å². The van der Waals surface area contributed by atoms with E-state index < -0.39 is 5.97 Å². The van der Waals surface area contributed by atoms with Crippen molar-refractivity contribution in [1.29, 1.82) is 0 Å². The van der Waals surface area contributed by atoms with Gasteiger partial charge in [0, 0.05) is 6.04 Å².